The van der Waals surface area contributed by atoms with Crippen molar-refractivity contribution in [3.63, 3.8) is 0 Å². The number of nitro benzene ring substituents is 1. The van der Waals surface area contributed by atoms with Gasteiger partial charge in [-0.2, -0.15) is 0 Å². The van der Waals surface area contributed by atoms with Crippen molar-refractivity contribution in [2.45, 2.75) is 19.4 Å². The van der Waals surface area contributed by atoms with Crippen molar-refractivity contribution in [3.05, 3.63) is 69.8 Å². The van der Waals surface area contributed by atoms with Crippen LogP contribution in [0.25, 0.3) is 0 Å². The van der Waals surface area contributed by atoms with Crippen molar-refractivity contribution in [2.24, 2.45) is 0 Å². The smallest absolute Gasteiger partial charge is 0.345 e. The summed E-state index contributed by atoms with van der Waals surface area (Å²) in [4.78, 5) is 36.5. The third-order valence-corrected chi connectivity index (χ3v) is 4.12. The third-order valence-electron chi connectivity index (χ3n) is 4.12. The molecule has 0 radical (unpaired) electrons. The Morgan fingerprint density at radius 3 is 2.64 bits per heavy atom. The highest BCUT2D eigenvalue weighted by Gasteiger charge is 2.31. The quantitative estimate of drug-likeness (QED) is 0.485. The first kappa shape index (κ1) is 16.6. The Hall–Kier alpha value is -3.22. The molecular formula is C18H16N2O5. The minimum absolute atomic E-state index is 0.0327. The predicted molar refractivity (Wildman–Crippen MR) is 90.5 cm³/mol. The topological polar surface area (TPSA) is 89.8 Å². The standard InChI is InChI=1S/C18H16N2O5/c1-12-10-13-6-2-4-8-15(13)19(12)17(21)11-25-18(22)14-7-3-5-9-16(14)20(23)24/h2-9,12H,10-11H2,1H3/t12-/m1/s1. The lowest BCUT2D eigenvalue weighted by Gasteiger charge is -2.22. The number of esters is 1. The Labute approximate surface area is 144 Å². The number of carbonyl (C=O) groups excluding carboxylic acids is 2. The van der Waals surface area contributed by atoms with Crippen LogP contribution in [0.4, 0.5) is 11.4 Å². The first-order valence-electron chi connectivity index (χ1n) is 7.79. The van der Waals surface area contributed by atoms with E-state index < -0.39 is 17.5 Å². The lowest BCUT2D eigenvalue weighted by molar-refractivity contribution is -0.385. The molecule has 0 aromatic heterocycles. The number of fused-ring (bicyclic) bond motifs is 1. The van der Waals surface area contributed by atoms with Gasteiger partial charge in [0.05, 0.1) is 4.92 Å². The number of hydrogen-bond donors (Lipinski definition) is 0. The van der Waals surface area contributed by atoms with Gasteiger partial charge in [0.25, 0.3) is 11.6 Å². The summed E-state index contributed by atoms with van der Waals surface area (Å²) >= 11 is 0. The molecule has 25 heavy (non-hydrogen) atoms. The summed E-state index contributed by atoms with van der Waals surface area (Å²) < 4.78 is 5.02. The van der Waals surface area contributed by atoms with Crippen LogP contribution in [-0.4, -0.2) is 29.4 Å². The summed E-state index contributed by atoms with van der Waals surface area (Å²) in [7, 11) is 0. The number of para-hydroxylation sites is 2. The molecule has 2 aromatic rings. The fraction of sp³-hybridized carbons (Fsp3) is 0.222. The summed E-state index contributed by atoms with van der Waals surface area (Å²) in [5.74, 6) is -1.25. The number of ether oxygens (including phenoxy) is 1. The summed E-state index contributed by atoms with van der Waals surface area (Å²) in [6.07, 6.45) is 0.736. The SMILES string of the molecule is C[C@@H]1Cc2ccccc2N1C(=O)COC(=O)c1ccccc1[N+](=O)[O-]. The monoisotopic (exact) mass is 340 g/mol. The fourth-order valence-corrected chi connectivity index (χ4v) is 3.03. The molecule has 0 spiro atoms. The van der Waals surface area contributed by atoms with Crippen molar-refractivity contribution >= 4 is 23.3 Å². The van der Waals surface area contributed by atoms with Crippen LogP contribution >= 0.6 is 0 Å². The molecule has 128 valence electrons. The first-order valence-corrected chi connectivity index (χ1v) is 7.79. The average Bonchev–Trinajstić information content (AvgIpc) is 2.95. The summed E-state index contributed by atoms with van der Waals surface area (Å²) in [6, 6.07) is 13.0. The summed E-state index contributed by atoms with van der Waals surface area (Å²) in [6.45, 7) is 1.45. The van der Waals surface area contributed by atoms with Crippen molar-refractivity contribution < 1.29 is 19.2 Å². The van der Waals surface area contributed by atoms with Gasteiger partial charge in [0.2, 0.25) is 0 Å². The van der Waals surface area contributed by atoms with Gasteiger partial charge in [-0.15, -0.1) is 0 Å². The van der Waals surface area contributed by atoms with Gasteiger partial charge in [0.15, 0.2) is 6.61 Å². The van der Waals surface area contributed by atoms with E-state index in [1.165, 1.54) is 24.3 Å². The predicted octanol–water partition coefficient (Wildman–Crippen LogP) is 2.73. The zero-order valence-electron chi connectivity index (χ0n) is 13.5. The zero-order chi connectivity index (χ0) is 18.0. The van der Waals surface area contributed by atoms with Crippen LogP contribution in [0.15, 0.2) is 48.5 Å². The molecule has 0 N–H and O–H groups in total. The number of rotatable bonds is 4. The maximum atomic E-state index is 12.5. The van der Waals surface area contributed by atoms with E-state index in [0.29, 0.717) is 0 Å². The highest BCUT2D eigenvalue weighted by molar-refractivity contribution is 6.00. The number of nitro groups is 1. The van der Waals surface area contributed by atoms with Crippen LogP contribution in [0.3, 0.4) is 0 Å². The Bertz CT molecular complexity index is 849. The van der Waals surface area contributed by atoms with E-state index in [9.17, 15) is 19.7 Å². The number of carbonyl (C=O) groups is 2. The van der Waals surface area contributed by atoms with Crippen molar-refractivity contribution in [2.75, 3.05) is 11.5 Å². The number of anilines is 1. The minimum atomic E-state index is -0.888. The Balaban J connectivity index is 1.71. The van der Waals surface area contributed by atoms with Gasteiger partial charge in [0, 0.05) is 17.8 Å². The van der Waals surface area contributed by atoms with Crippen LogP contribution in [0.2, 0.25) is 0 Å². The van der Waals surface area contributed by atoms with Gasteiger partial charge >= 0.3 is 5.97 Å². The van der Waals surface area contributed by atoms with Gasteiger partial charge in [0.1, 0.15) is 5.56 Å². The molecule has 7 nitrogen and oxygen atoms in total. The lowest BCUT2D eigenvalue weighted by Crippen LogP contribution is -2.38. The second-order valence-corrected chi connectivity index (χ2v) is 5.80. The average molecular weight is 340 g/mol. The van der Waals surface area contributed by atoms with E-state index in [0.717, 1.165) is 17.7 Å². The molecule has 3 rings (SSSR count). The maximum Gasteiger partial charge on any atom is 0.345 e. The van der Waals surface area contributed by atoms with Crippen molar-refractivity contribution in [1.29, 1.82) is 0 Å². The molecular weight excluding hydrogens is 324 g/mol. The minimum Gasteiger partial charge on any atom is -0.452 e. The van der Waals surface area contributed by atoms with Crippen molar-refractivity contribution in [3.8, 4) is 0 Å². The maximum absolute atomic E-state index is 12.5. The van der Waals surface area contributed by atoms with Gasteiger partial charge in [-0.3, -0.25) is 14.9 Å². The van der Waals surface area contributed by atoms with Gasteiger partial charge in [-0.1, -0.05) is 30.3 Å². The lowest BCUT2D eigenvalue weighted by atomic mass is 10.1. The molecule has 0 saturated carbocycles. The van der Waals surface area contributed by atoms with E-state index in [1.807, 2.05) is 31.2 Å². The van der Waals surface area contributed by atoms with Crippen molar-refractivity contribution in [1.82, 2.24) is 0 Å². The molecule has 1 amide bonds. The zero-order valence-corrected chi connectivity index (χ0v) is 13.5. The van der Waals surface area contributed by atoms with Crippen LogP contribution in [-0.2, 0) is 16.0 Å². The second-order valence-electron chi connectivity index (χ2n) is 5.80. The fourth-order valence-electron chi connectivity index (χ4n) is 3.03. The van der Waals surface area contributed by atoms with E-state index in [-0.39, 0.29) is 23.2 Å². The second kappa shape index (κ2) is 6.72. The number of hydrogen-bond acceptors (Lipinski definition) is 5. The van der Waals surface area contributed by atoms with Crippen LogP contribution in [0.1, 0.15) is 22.8 Å². The molecule has 0 unspecified atom stereocenters. The number of nitrogens with zero attached hydrogens (tertiary/aromatic N) is 2. The van der Waals surface area contributed by atoms with Gasteiger partial charge in [-0.25, -0.2) is 4.79 Å². The molecule has 0 bridgehead atoms. The van der Waals surface area contributed by atoms with Crippen LogP contribution in [0.5, 0.6) is 0 Å². The largest absolute Gasteiger partial charge is 0.452 e. The molecule has 0 fully saturated rings. The van der Waals surface area contributed by atoms with E-state index in [2.05, 4.69) is 0 Å². The van der Waals surface area contributed by atoms with Crippen LogP contribution in [0, 0.1) is 10.1 Å². The van der Waals surface area contributed by atoms with Gasteiger partial charge < -0.3 is 9.64 Å². The van der Waals surface area contributed by atoms with E-state index in [4.69, 9.17) is 4.74 Å². The Kier molecular flexibility index (Phi) is 4.47. The summed E-state index contributed by atoms with van der Waals surface area (Å²) in [5, 5.41) is 11.0. The van der Waals surface area contributed by atoms with E-state index in [1.54, 1.807) is 4.90 Å². The number of amides is 1. The van der Waals surface area contributed by atoms with Crippen LogP contribution < -0.4 is 4.90 Å². The molecule has 2 aromatic carbocycles. The highest BCUT2D eigenvalue weighted by atomic mass is 16.6. The molecule has 0 aliphatic carbocycles. The Morgan fingerprint density at radius 2 is 1.88 bits per heavy atom. The first-order chi connectivity index (χ1) is 12.0. The highest BCUT2D eigenvalue weighted by Crippen LogP contribution is 2.31. The number of benzene rings is 2. The normalized spacial score (nSPS) is 15.6. The third kappa shape index (κ3) is 3.21. The molecule has 1 atom stereocenters. The molecule has 7 heteroatoms. The molecule has 0 saturated heterocycles. The van der Waals surface area contributed by atoms with Gasteiger partial charge in [-0.05, 0) is 31.0 Å². The Morgan fingerprint density at radius 1 is 1.20 bits per heavy atom. The molecule has 1 aliphatic heterocycles. The summed E-state index contributed by atoms with van der Waals surface area (Å²) in [5.41, 5.74) is 1.35. The van der Waals surface area contributed by atoms with E-state index >= 15 is 0 Å². The molecule has 1 aliphatic rings. The molecule has 1 heterocycles.